The second-order valence-corrected chi connectivity index (χ2v) is 12.6. The van der Waals surface area contributed by atoms with Gasteiger partial charge in [0.1, 0.15) is 0 Å². The second-order valence-electron chi connectivity index (χ2n) is 12.6. The zero-order valence-corrected chi connectivity index (χ0v) is 19.6. The molecule has 0 aliphatic heterocycles. The van der Waals surface area contributed by atoms with Crippen LogP contribution in [0.3, 0.4) is 0 Å². The summed E-state index contributed by atoms with van der Waals surface area (Å²) in [6, 6.07) is 0. The van der Waals surface area contributed by atoms with Crippen molar-refractivity contribution >= 4 is 0 Å². The minimum atomic E-state index is -0.00897. The Bertz CT molecular complexity index is 540. The third-order valence-electron chi connectivity index (χ3n) is 10.8. The summed E-state index contributed by atoms with van der Waals surface area (Å²) in [6.07, 6.45) is 16.6. The van der Waals surface area contributed by atoms with Crippen LogP contribution in [-0.4, -0.2) is 11.2 Å². The van der Waals surface area contributed by atoms with Crippen molar-refractivity contribution in [2.45, 2.75) is 118 Å². The lowest BCUT2D eigenvalue weighted by Gasteiger charge is -2.61. The van der Waals surface area contributed by atoms with Crippen molar-refractivity contribution < 1.29 is 5.11 Å². The highest BCUT2D eigenvalue weighted by atomic mass is 16.3. The molecule has 0 radical (unpaired) electrons. The molecule has 0 amide bonds. The van der Waals surface area contributed by atoms with Gasteiger partial charge in [0, 0.05) is 0 Å². The van der Waals surface area contributed by atoms with E-state index in [9.17, 15) is 5.11 Å². The van der Waals surface area contributed by atoms with Crippen LogP contribution in [0.15, 0.2) is 0 Å². The highest BCUT2D eigenvalue weighted by Crippen LogP contribution is 2.68. The summed E-state index contributed by atoms with van der Waals surface area (Å²) in [5.74, 6) is 6.16. The molecule has 4 aliphatic rings. The Hall–Kier alpha value is -0.0400. The third-order valence-corrected chi connectivity index (χ3v) is 10.8. The van der Waals surface area contributed by atoms with Crippen molar-refractivity contribution in [3.8, 4) is 0 Å². The fraction of sp³-hybridized carbons (Fsp3) is 1.00. The molecule has 0 spiro atoms. The predicted octanol–water partition coefficient (Wildman–Crippen LogP) is 7.47. The van der Waals surface area contributed by atoms with Gasteiger partial charge in [-0.1, -0.05) is 60.3 Å². The molecule has 162 valence electrons. The largest absolute Gasteiger partial charge is 0.393 e. The Labute approximate surface area is 175 Å². The van der Waals surface area contributed by atoms with Gasteiger partial charge in [0.15, 0.2) is 0 Å². The average molecular weight is 389 g/mol. The van der Waals surface area contributed by atoms with E-state index in [1.807, 2.05) is 0 Å². The molecule has 0 aromatic rings. The van der Waals surface area contributed by atoms with Crippen LogP contribution in [0.25, 0.3) is 0 Å². The van der Waals surface area contributed by atoms with Crippen molar-refractivity contribution in [1.82, 2.24) is 0 Å². The Morgan fingerprint density at radius 2 is 1.50 bits per heavy atom. The molecule has 4 saturated carbocycles. The highest BCUT2D eigenvalue weighted by Gasteiger charge is 2.61. The minimum absolute atomic E-state index is 0.00897. The summed E-state index contributed by atoms with van der Waals surface area (Å²) in [5, 5.41) is 10.7. The van der Waals surface area contributed by atoms with E-state index >= 15 is 0 Å². The fourth-order valence-corrected chi connectivity index (χ4v) is 9.41. The van der Waals surface area contributed by atoms with Gasteiger partial charge in [-0.15, -0.1) is 0 Å². The smallest absolute Gasteiger partial charge is 0.0573 e. The van der Waals surface area contributed by atoms with Crippen molar-refractivity contribution in [2.24, 2.45) is 52.3 Å². The third kappa shape index (κ3) is 3.40. The molecule has 0 bridgehead atoms. The monoisotopic (exact) mass is 388 g/mol. The molecule has 1 N–H and O–H groups in total. The molecule has 0 unspecified atom stereocenters. The number of aliphatic hydroxyl groups excluding tert-OH is 1. The van der Waals surface area contributed by atoms with E-state index in [0.717, 1.165) is 41.9 Å². The first-order valence-corrected chi connectivity index (χ1v) is 13.0. The molecule has 1 nitrogen and oxygen atoms in total. The van der Waals surface area contributed by atoms with Crippen molar-refractivity contribution in [2.75, 3.05) is 0 Å². The van der Waals surface area contributed by atoms with Gasteiger partial charge in [-0.25, -0.2) is 0 Å². The predicted molar refractivity (Wildman–Crippen MR) is 119 cm³/mol. The lowest BCUT2D eigenvalue weighted by molar-refractivity contribution is -0.145. The summed E-state index contributed by atoms with van der Waals surface area (Å²) < 4.78 is 0. The molecule has 4 aliphatic carbocycles. The Kier molecular flexibility index (Phi) is 5.98. The number of hydrogen-bond acceptors (Lipinski definition) is 1. The van der Waals surface area contributed by atoms with Crippen LogP contribution in [-0.2, 0) is 0 Å². The highest BCUT2D eigenvalue weighted by molar-refractivity contribution is 5.10. The second kappa shape index (κ2) is 7.90. The van der Waals surface area contributed by atoms with Crippen molar-refractivity contribution in [3.05, 3.63) is 0 Å². The molecule has 0 aromatic carbocycles. The number of aliphatic hydroxyl groups is 1. The van der Waals surface area contributed by atoms with Gasteiger partial charge in [-0.05, 0) is 104 Å². The van der Waals surface area contributed by atoms with Gasteiger partial charge in [-0.3, -0.25) is 0 Å². The average Bonchev–Trinajstić information content (AvgIpc) is 2.98. The van der Waals surface area contributed by atoms with Gasteiger partial charge in [0.2, 0.25) is 0 Å². The van der Waals surface area contributed by atoms with E-state index < -0.39 is 0 Å². The van der Waals surface area contributed by atoms with E-state index in [1.54, 1.807) is 0 Å². The molecule has 1 heteroatoms. The van der Waals surface area contributed by atoms with E-state index in [1.165, 1.54) is 70.6 Å². The molecular weight excluding hydrogens is 340 g/mol. The standard InChI is InChI=1S/C27H48O/c1-18(2)8-6-9-19(3)21-13-14-22-20-11-12-24-25(28)10-7-16-26(24,4)23(20)15-17-27(21,22)5/h18-25,28H,6-17H2,1-5H3/t19-,20+,21+,22-,23+,24+,25-,26-,27-/m1/s1. The molecule has 28 heavy (non-hydrogen) atoms. The summed E-state index contributed by atoms with van der Waals surface area (Å²) in [7, 11) is 0. The minimum Gasteiger partial charge on any atom is -0.393 e. The van der Waals surface area contributed by atoms with Gasteiger partial charge < -0.3 is 5.11 Å². The first-order valence-electron chi connectivity index (χ1n) is 13.0. The molecule has 4 fully saturated rings. The number of hydrogen-bond donors (Lipinski definition) is 1. The Morgan fingerprint density at radius 1 is 0.786 bits per heavy atom. The van der Waals surface area contributed by atoms with Crippen LogP contribution < -0.4 is 0 Å². The zero-order chi connectivity index (χ0) is 20.1. The van der Waals surface area contributed by atoms with Crippen LogP contribution in [0.2, 0.25) is 0 Å². The first kappa shape index (κ1) is 21.2. The quantitative estimate of drug-likeness (QED) is 0.518. The summed E-state index contributed by atoms with van der Waals surface area (Å²) in [6.45, 7) is 12.6. The molecule has 0 aromatic heterocycles. The van der Waals surface area contributed by atoms with Crippen LogP contribution >= 0.6 is 0 Å². The lowest BCUT2D eigenvalue weighted by Crippen LogP contribution is -2.55. The lowest BCUT2D eigenvalue weighted by atomic mass is 9.44. The van der Waals surface area contributed by atoms with Crippen LogP contribution in [0.1, 0.15) is 112 Å². The van der Waals surface area contributed by atoms with Crippen molar-refractivity contribution in [3.63, 3.8) is 0 Å². The van der Waals surface area contributed by atoms with Crippen LogP contribution in [0.5, 0.6) is 0 Å². The summed E-state index contributed by atoms with van der Waals surface area (Å²) in [5.41, 5.74) is 1.04. The van der Waals surface area contributed by atoms with Crippen molar-refractivity contribution in [1.29, 1.82) is 0 Å². The summed E-state index contributed by atoms with van der Waals surface area (Å²) >= 11 is 0. The zero-order valence-electron chi connectivity index (χ0n) is 19.6. The molecule has 0 saturated heterocycles. The van der Waals surface area contributed by atoms with Crippen LogP contribution in [0.4, 0.5) is 0 Å². The van der Waals surface area contributed by atoms with E-state index in [0.29, 0.717) is 16.7 Å². The van der Waals surface area contributed by atoms with Crippen LogP contribution in [0, 0.1) is 52.3 Å². The number of rotatable bonds is 5. The molecule has 4 rings (SSSR count). The molecular formula is C27H48O. The maximum Gasteiger partial charge on any atom is 0.0573 e. The fourth-order valence-electron chi connectivity index (χ4n) is 9.41. The van der Waals surface area contributed by atoms with E-state index in [4.69, 9.17) is 0 Å². The summed E-state index contributed by atoms with van der Waals surface area (Å²) in [4.78, 5) is 0. The number of fused-ring (bicyclic) bond motifs is 5. The van der Waals surface area contributed by atoms with Gasteiger partial charge in [-0.2, -0.15) is 0 Å². The maximum atomic E-state index is 10.7. The van der Waals surface area contributed by atoms with Gasteiger partial charge >= 0.3 is 0 Å². The Balaban J connectivity index is 1.47. The van der Waals surface area contributed by atoms with E-state index in [2.05, 4.69) is 34.6 Å². The Morgan fingerprint density at radius 3 is 2.25 bits per heavy atom. The van der Waals surface area contributed by atoms with Gasteiger partial charge in [0.05, 0.1) is 6.10 Å². The first-order chi connectivity index (χ1) is 13.3. The van der Waals surface area contributed by atoms with Gasteiger partial charge in [0.25, 0.3) is 0 Å². The van der Waals surface area contributed by atoms with E-state index in [-0.39, 0.29) is 6.10 Å². The normalized spacial score (nSPS) is 49.4. The molecule has 0 heterocycles. The maximum absolute atomic E-state index is 10.7. The molecule has 9 atom stereocenters. The SMILES string of the molecule is CC(C)CCC[C@@H](C)[C@@H]1CC[C@@H]2[C@@H]3CC[C@H]4[C@H](O)CCC[C@]4(C)[C@H]3CC[C@@]21C. The topological polar surface area (TPSA) is 20.2 Å².